The first kappa shape index (κ1) is 11.4. The molecule has 0 aliphatic heterocycles. The van der Waals surface area contributed by atoms with Crippen LogP contribution in [0.4, 0.5) is 5.69 Å². The van der Waals surface area contributed by atoms with Crippen LogP contribution in [0.1, 0.15) is 0 Å². The number of rotatable bonds is 2. The fourth-order valence-electron chi connectivity index (χ4n) is 2.17. The Morgan fingerprint density at radius 2 is 1.42 bits per heavy atom. The average molecular weight is 247 g/mol. The Bertz CT molecular complexity index is 679. The predicted molar refractivity (Wildman–Crippen MR) is 77.3 cm³/mol. The molecule has 92 valence electrons. The van der Waals surface area contributed by atoms with Gasteiger partial charge in [-0.2, -0.15) is 0 Å². The zero-order chi connectivity index (χ0) is 13.1. The summed E-state index contributed by atoms with van der Waals surface area (Å²) in [6.07, 6.45) is 7.19. The van der Waals surface area contributed by atoms with E-state index in [4.69, 9.17) is 5.73 Å². The van der Waals surface area contributed by atoms with E-state index in [1.165, 1.54) is 0 Å². The number of nitrogen functional groups attached to an aromatic ring is 1. The molecule has 3 heteroatoms. The minimum Gasteiger partial charge on any atom is -0.398 e. The van der Waals surface area contributed by atoms with Crippen molar-refractivity contribution in [3.8, 4) is 22.3 Å². The molecule has 0 unspecified atom stereocenters. The van der Waals surface area contributed by atoms with Crippen LogP contribution < -0.4 is 5.73 Å². The molecule has 0 amide bonds. The van der Waals surface area contributed by atoms with Crippen molar-refractivity contribution in [2.24, 2.45) is 0 Å². The zero-order valence-corrected chi connectivity index (χ0v) is 10.3. The van der Waals surface area contributed by atoms with Crippen LogP contribution in [-0.2, 0) is 0 Å². The van der Waals surface area contributed by atoms with Gasteiger partial charge in [0.15, 0.2) is 0 Å². The van der Waals surface area contributed by atoms with Crippen LogP contribution in [0.3, 0.4) is 0 Å². The molecule has 3 nitrogen and oxygen atoms in total. The van der Waals surface area contributed by atoms with Crippen LogP contribution in [0, 0.1) is 0 Å². The number of hydrogen-bond acceptors (Lipinski definition) is 3. The Balaban J connectivity index is 2.25. The number of benzene rings is 1. The summed E-state index contributed by atoms with van der Waals surface area (Å²) in [5, 5.41) is 0. The molecule has 3 aromatic rings. The van der Waals surface area contributed by atoms with Crippen molar-refractivity contribution in [2.75, 3.05) is 5.73 Å². The lowest BCUT2D eigenvalue weighted by atomic mass is 9.95. The highest BCUT2D eigenvalue weighted by molar-refractivity contribution is 5.90. The summed E-state index contributed by atoms with van der Waals surface area (Å²) in [7, 11) is 0. The van der Waals surface area contributed by atoms with Crippen molar-refractivity contribution in [1.29, 1.82) is 0 Å². The molecule has 0 spiro atoms. The highest BCUT2D eigenvalue weighted by Crippen LogP contribution is 2.35. The molecule has 0 radical (unpaired) electrons. The van der Waals surface area contributed by atoms with Gasteiger partial charge in [-0.15, -0.1) is 0 Å². The number of pyridine rings is 2. The predicted octanol–water partition coefficient (Wildman–Crippen LogP) is 3.39. The van der Waals surface area contributed by atoms with Gasteiger partial charge in [-0.25, -0.2) is 0 Å². The molecule has 0 bridgehead atoms. The summed E-state index contributed by atoms with van der Waals surface area (Å²) < 4.78 is 0. The Morgan fingerprint density at radius 3 is 2.05 bits per heavy atom. The molecule has 2 heterocycles. The number of anilines is 1. The van der Waals surface area contributed by atoms with Crippen LogP contribution in [0.5, 0.6) is 0 Å². The topological polar surface area (TPSA) is 51.8 Å². The second-order valence-corrected chi connectivity index (χ2v) is 4.25. The summed E-state index contributed by atoms with van der Waals surface area (Å²) in [5.74, 6) is 0. The van der Waals surface area contributed by atoms with Gasteiger partial charge in [-0.05, 0) is 23.8 Å². The van der Waals surface area contributed by atoms with Crippen molar-refractivity contribution >= 4 is 5.69 Å². The van der Waals surface area contributed by atoms with E-state index < -0.39 is 0 Å². The normalized spacial score (nSPS) is 10.3. The van der Waals surface area contributed by atoms with Gasteiger partial charge in [0.05, 0.1) is 0 Å². The Labute approximate surface area is 111 Å². The Hall–Kier alpha value is -2.68. The molecule has 2 N–H and O–H groups in total. The maximum atomic E-state index is 6.14. The van der Waals surface area contributed by atoms with E-state index in [-0.39, 0.29) is 0 Å². The van der Waals surface area contributed by atoms with E-state index >= 15 is 0 Å². The summed E-state index contributed by atoms with van der Waals surface area (Å²) in [6.45, 7) is 0. The molecule has 0 saturated heterocycles. The standard InChI is InChI=1S/C16H13N3/c17-15-7-1-6-14(12-4-2-8-18-10-12)16(15)13-5-3-9-19-11-13/h1-11H,17H2. The van der Waals surface area contributed by atoms with Gasteiger partial charge in [0.25, 0.3) is 0 Å². The molecule has 0 aliphatic rings. The monoisotopic (exact) mass is 247 g/mol. The lowest BCUT2D eigenvalue weighted by molar-refractivity contribution is 1.32. The van der Waals surface area contributed by atoms with Crippen LogP contribution in [0.25, 0.3) is 22.3 Å². The van der Waals surface area contributed by atoms with Gasteiger partial charge < -0.3 is 5.73 Å². The fourth-order valence-corrected chi connectivity index (χ4v) is 2.17. The van der Waals surface area contributed by atoms with Crippen LogP contribution in [-0.4, -0.2) is 9.97 Å². The minimum absolute atomic E-state index is 0.745. The molecule has 1 aromatic carbocycles. The maximum Gasteiger partial charge on any atom is 0.0400 e. The molecule has 0 fully saturated rings. The Morgan fingerprint density at radius 1 is 0.737 bits per heavy atom. The first-order valence-electron chi connectivity index (χ1n) is 6.05. The summed E-state index contributed by atoms with van der Waals surface area (Å²) in [4.78, 5) is 8.33. The maximum absolute atomic E-state index is 6.14. The first-order valence-corrected chi connectivity index (χ1v) is 6.05. The first-order chi connectivity index (χ1) is 9.36. The minimum atomic E-state index is 0.745. The molecule has 0 atom stereocenters. The summed E-state index contributed by atoms with van der Waals surface area (Å²) in [5.41, 5.74) is 11.0. The van der Waals surface area contributed by atoms with Gasteiger partial charge >= 0.3 is 0 Å². The van der Waals surface area contributed by atoms with Crippen LogP contribution in [0.2, 0.25) is 0 Å². The third-order valence-electron chi connectivity index (χ3n) is 3.02. The van der Waals surface area contributed by atoms with Crippen LogP contribution >= 0.6 is 0 Å². The molecular formula is C16H13N3. The average Bonchev–Trinajstić information content (AvgIpc) is 2.49. The van der Waals surface area contributed by atoms with E-state index in [0.29, 0.717) is 0 Å². The number of hydrogen-bond donors (Lipinski definition) is 1. The fraction of sp³-hybridized carbons (Fsp3) is 0. The molecule has 0 saturated carbocycles. The highest BCUT2D eigenvalue weighted by Gasteiger charge is 2.10. The van der Waals surface area contributed by atoms with Gasteiger partial charge in [0.1, 0.15) is 0 Å². The van der Waals surface area contributed by atoms with Gasteiger partial charge in [0, 0.05) is 47.2 Å². The Kier molecular flexibility index (Phi) is 2.94. The lowest BCUT2D eigenvalue weighted by Crippen LogP contribution is -1.93. The molecule has 19 heavy (non-hydrogen) atoms. The largest absolute Gasteiger partial charge is 0.398 e. The molecule has 3 rings (SSSR count). The second kappa shape index (κ2) is 4.90. The van der Waals surface area contributed by atoms with Crippen molar-refractivity contribution < 1.29 is 0 Å². The van der Waals surface area contributed by atoms with E-state index in [2.05, 4.69) is 16.0 Å². The van der Waals surface area contributed by atoms with Crippen LogP contribution in [0.15, 0.2) is 67.3 Å². The summed E-state index contributed by atoms with van der Waals surface area (Å²) in [6, 6.07) is 13.8. The SMILES string of the molecule is Nc1cccc(-c2cccnc2)c1-c1cccnc1. The number of nitrogens with zero attached hydrogens (tertiary/aromatic N) is 2. The zero-order valence-electron chi connectivity index (χ0n) is 10.3. The third kappa shape index (κ3) is 2.18. The second-order valence-electron chi connectivity index (χ2n) is 4.25. The molecule has 0 aliphatic carbocycles. The van der Waals surface area contributed by atoms with E-state index in [1.807, 2.05) is 48.8 Å². The van der Waals surface area contributed by atoms with E-state index in [1.54, 1.807) is 12.4 Å². The van der Waals surface area contributed by atoms with Gasteiger partial charge in [0.2, 0.25) is 0 Å². The third-order valence-corrected chi connectivity index (χ3v) is 3.02. The van der Waals surface area contributed by atoms with Crippen molar-refractivity contribution in [2.45, 2.75) is 0 Å². The number of aromatic nitrogens is 2. The highest BCUT2D eigenvalue weighted by atomic mass is 14.6. The van der Waals surface area contributed by atoms with E-state index in [0.717, 1.165) is 27.9 Å². The van der Waals surface area contributed by atoms with Gasteiger partial charge in [-0.3, -0.25) is 9.97 Å². The summed E-state index contributed by atoms with van der Waals surface area (Å²) >= 11 is 0. The van der Waals surface area contributed by atoms with Crippen molar-refractivity contribution in [3.63, 3.8) is 0 Å². The van der Waals surface area contributed by atoms with Crippen molar-refractivity contribution in [3.05, 3.63) is 67.3 Å². The quantitative estimate of drug-likeness (QED) is 0.706. The molecule has 2 aromatic heterocycles. The van der Waals surface area contributed by atoms with Crippen molar-refractivity contribution in [1.82, 2.24) is 9.97 Å². The lowest BCUT2D eigenvalue weighted by Gasteiger charge is -2.12. The molecular weight excluding hydrogens is 234 g/mol. The van der Waals surface area contributed by atoms with Gasteiger partial charge in [-0.1, -0.05) is 24.3 Å². The van der Waals surface area contributed by atoms with E-state index in [9.17, 15) is 0 Å². The number of nitrogens with two attached hydrogens (primary N) is 1. The smallest absolute Gasteiger partial charge is 0.0400 e.